The Morgan fingerprint density at radius 3 is 2.68 bits per heavy atom. The predicted octanol–water partition coefficient (Wildman–Crippen LogP) is 2.24. The summed E-state index contributed by atoms with van der Waals surface area (Å²) < 4.78 is 2.10. The standard InChI is InChI=1S/C15H23N3O/c1-5-17(11-15(3,4)19)9-13-10-18-12(2)7-6-8-14(18)16-13/h6-8,10,19H,5,9,11H2,1-4H3. The van der Waals surface area contributed by atoms with Gasteiger partial charge in [-0.05, 0) is 39.4 Å². The zero-order valence-corrected chi connectivity index (χ0v) is 12.2. The number of fused-ring (bicyclic) bond motifs is 1. The van der Waals surface area contributed by atoms with Crippen LogP contribution in [0.15, 0.2) is 24.4 Å². The van der Waals surface area contributed by atoms with E-state index in [1.165, 1.54) is 5.69 Å². The highest BCUT2D eigenvalue weighted by atomic mass is 16.3. The molecule has 19 heavy (non-hydrogen) atoms. The smallest absolute Gasteiger partial charge is 0.137 e. The normalized spacial score (nSPS) is 12.5. The van der Waals surface area contributed by atoms with E-state index in [0.29, 0.717) is 6.54 Å². The molecule has 2 aromatic heterocycles. The Bertz CT molecular complexity index is 554. The van der Waals surface area contributed by atoms with Crippen LogP contribution in [-0.2, 0) is 6.54 Å². The molecule has 2 aromatic rings. The molecule has 0 saturated carbocycles. The van der Waals surface area contributed by atoms with Gasteiger partial charge in [-0.15, -0.1) is 0 Å². The first-order valence-corrected chi connectivity index (χ1v) is 6.77. The first-order chi connectivity index (χ1) is 8.89. The van der Waals surface area contributed by atoms with Gasteiger partial charge < -0.3 is 9.51 Å². The summed E-state index contributed by atoms with van der Waals surface area (Å²) in [5.74, 6) is 0. The van der Waals surface area contributed by atoms with Crippen molar-refractivity contribution in [2.75, 3.05) is 13.1 Å². The molecule has 0 spiro atoms. The predicted molar refractivity (Wildman–Crippen MR) is 77.2 cm³/mol. The van der Waals surface area contributed by atoms with Crippen LogP contribution in [0.4, 0.5) is 0 Å². The number of aromatic nitrogens is 2. The molecular formula is C15H23N3O. The highest BCUT2D eigenvalue weighted by Crippen LogP contribution is 2.12. The lowest BCUT2D eigenvalue weighted by atomic mass is 10.1. The van der Waals surface area contributed by atoms with Crippen molar-refractivity contribution in [1.29, 1.82) is 0 Å². The first-order valence-electron chi connectivity index (χ1n) is 6.77. The number of aryl methyl sites for hydroxylation is 1. The Hall–Kier alpha value is -1.39. The lowest BCUT2D eigenvalue weighted by Crippen LogP contribution is -2.38. The van der Waals surface area contributed by atoms with Crippen molar-refractivity contribution in [2.24, 2.45) is 0 Å². The molecule has 2 rings (SSSR count). The van der Waals surface area contributed by atoms with Gasteiger partial charge in [0, 0.05) is 25.0 Å². The maximum Gasteiger partial charge on any atom is 0.137 e. The molecule has 0 bridgehead atoms. The fraction of sp³-hybridized carbons (Fsp3) is 0.533. The Labute approximate surface area is 114 Å². The van der Waals surface area contributed by atoms with Gasteiger partial charge in [-0.1, -0.05) is 13.0 Å². The van der Waals surface area contributed by atoms with Gasteiger partial charge >= 0.3 is 0 Å². The third kappa shape index (κ3) is 3.55. The fourth-order valence-electron chi connectivity index (χ4n) is 2.33. The van der Waals surface area contributed by atoms with Crippen LogP contribution < -0.4 is 0 Å². The summed E-state index contributed by atoms with van der Waals surface area (Å²) in [4.78, 5) is 6.84. The topological polar surface area (TPSA) is 40.8 Å². The third-order valence-corrected chi connectivity index (χ3v) is 3.19. The second kappa shape index (κ2) is 5.31. The summed E-state index contributed by atoms with van der Waals surface area (Å²) in [6.07, 6.45) is 2.08. The van der Waals surface area contributed by atoms with Crippen LogP contribution in [0.2, 0.25) is 0 Å². The molecule has 0 aromatic carbocycles. The van der Waals surface area contributed by atoms with Crippen molar-refractivity contribution < 1.29 is 5.11 Å². The molecule has 0 atom stereocenters. The van der Waals surface area contributed by atoms with E-state index in [1.807, 2.05) is 26.0 Å². The molecule has 4 heteroatoms. The van der Waals surface area contributed by atoms with E-state index in [9.17, 15) is 5.11 Å². The van der Waals surface area contributed by atoms with Gasteiger partial charge in [0.05, 0.1) is 11.3 Å². The molecule has 0 aliphatic carbocycles. The van der Waals surface area contributed by atoms with Gasteiger partial charge in [-0.3, -0.25) is 4.90 Å². The Morgan fingerprint density at radius 1 is 1.37 bits per heavy atom. The zero-order chi connectivity index (χ0) is 14.0. The van der Waals surface area contributed by atoms with E-state index >= 15 is 0 Å². The third-order valence-electron chi connectivity index (χ3n) is 3.19. The largest absolute Gasteiger partial charge is 0.389 e. The minimum Gasteiger partial charge on any atom is -0.389 e. The lowest BCUT2D eigenvalue weighted by Gasteiger charge is -2.27. The SMILES string of the molecule is CCN(Cc1cn2c(C)cccc2n1)CC(C)(C)O. The second-order valence-electron chi connectivity index (χ2n) is 5.74. The summed E-state index contributed by atoms with van der Waals surface area (Å²) >= 11 is 0. The van der Waals surface area contributed by atoms with Crippen LogP contribution >= 0.6 is 0 Å². The Morgan fingerprint density at radius 2 is 2.11 bits per heavy atom. The van der Waals surface area contributed by atoms with E-state index in [4.69, 9.17) is 0 Å². The summed E-state index contributed by atoms with van der Waals surface area (Å²) in [6.45, 7) is 10.2. The van der Waals surface area contributed by atoms with Gasteiger partial charge in [-0.2, -0.15) is 0 Å². The van der Waals surface area contributed by atoms with Gasteiger partial charge in [0.1, 0.15) is 5.65 Å². The molecule has 2 heterocycles. The minimum absolute atomic E-state index is 0.649. The minimum atomic E-state index is -0.676. The summed E-state index contributed by atoms with van der Waals surface area (Å²) in [6, 6.07) is 6.12. The molecule has 104 valence electrons. The zero-order valence-electron chi connectivity index (χ0n) is 12.2. The average molecular weight is 261 g/mol. The van der Waals surface area contributed by atoms with Crippen molar-refractivity contribution in [1.82, 2.24) is 14.3 Å². The molecule has 0 amide bonds. The van der Waals surface area contributed by atoms with E-state index in [1.54, 1.807) is 0 Å². The van der Waals surface area contributed by atoms with Gasteiger partial charge in [0.2, 0.25) is 0 Å². The quantitative estimate of drug-likeness (QED) is 0.897. The summed E-state index contributed by atoms with van der Waals surface area (Å²) in [5.41, 5.74) is 2.53. The molecule has 1 N–H and O–H groups in total. The molecule has 4 nitrogen and oxygen atoms in total. The van der Waals surface area contributed by atoms with Crippen LogP contribution in [0.1, 0.15) is 32.2 Å². The number of rotatable bonds is 5. The van der Waals surface area contributed by atoms with Gasteiger partial charge in [0.15, 0.2) is 0 Å². The molecule has 0 fully saturated rings. The fourth-order valence-corrected chi connectivity index (χ4v) is 2.33. The molecule has 0 aliphatic rings. The maximum absolute atomic E-state index is 9.91. The number of imidazole rings is 1. The van der Waals surface area contributed by atoms with Crippen LogP contribution in [0.25, 0.3) is 5.65 Å². The van der Waals surface area contributed by atoms with Crippen LogP contribution in [0.3, 0.4) is 0 Å². The number of nitrogens with zero attached hydrogens (tertiary/aromatic N) is 3. The van der Waals surface area contributed by atoms with Crippen molar-refractivity contribution in [2.45, 2.75) is 39.8 Å². The second-order valence-corrected chi connectivity index (χ2v) is 5.74. The highest BCUT2D eigenvalue weighted by Gasteiger charge is 2.18. The van der Waals surface area contributed by atoms with Gasteiger partial charge in [0.25, 0.3) is 0 Å². The van der Waals surface area contributed by atoms with Crippen LogP contribution in [0, 0.1) is 6.92 Å². The molecule has 0 aliphatic heterocycles. The number of likely N-dealkylation sites (N-methyl/N-ethyl adjacent to an activating group) is 1. The molecular weight excluding hydrogens is 238 g/mol. The van der Waals surface area contributed by atoms with Crippen LogP contribution in [-0.4, -0.2) is 38.1 Å². The number of pyridine rings is 1. The van der Waals surface area contributed by atoms with E-state index < -0.39 is 5.60 Å². The number of hydrogen-bond donors (Lipinski definition) is 1. The molecule has 0 saturated heterocycles. The van der Waals surface area contributed by atoms with Crippen molar-refractivity contribution >= 4 is 5.65 Å². The Kier molecular flexibility index (Phi) is 3.92. The van der Waals surface area contributed by atoms with E-state index in [2.05, 4.69) is 40.4 Å². The molecule has 0 radical (unpaired) electrons. The monoisotopic (exact) mass is 261 g/mol. The van der Waals surface area contributed by atoms with Gasteiger partial charge in [-0.25, -0.2) is 4.98 Å². The molecule has 0 unspecified atom stereocenters. The van der Waals surface area contributed by atoms with Crippen LogP contribution in [0.5, 0.6) is 0 Å². The first kappa shape index (κ1) is 14.0. The van der Waals surface area contributed by atoms with Crippen molar-refractivity contribution in [3.63, 3.8) is 0 Å². The number of hydrogen-bond acceptors (Lipinski definition) is 3. The maximum atomic E-state index is 9.91. The number of aliphatic hydroxyl groups is 1. The van der Waals surface area contributed by atoms with Crippen molar-refractivity contribution in [3.05, 3.63) is 35.8 Å². The van der Waals surface area contributed by atoms with E-state index in [0.717, 1.165) is 24.4 Å². The summed E-state index contributed by atoms with van der Waals surface area (Å²) in [5, 5.41) is 9.91. The Balaban J connectivity index is 2.18. The lowest BCUT2D eigenvalue weighted by molar-refractivity contribution is 0.0350. The van der Waals surface area contributed by atoms with E-state index in [-0.39, 0.29) is 0 Å². The highest BCUT2D eigenvalue weighted by molar-refractivity contribution is 5.41. The van der Waals surface area contributed by atoms with Crippen molar-refractivity contribution in [3.8, 4) is 0 Å². The average Bonchev–Trinajstić information content (AvgIpc) is 2.70. The summed E-state index contributed by atoms with van der Waals surface area (Å²) in [7, 11) is 0.